The highest BCUT2D eigenvalue weighted by Gasteiger charge is 2.08. The Hall–Kier alpha value is -1.59. The minimum atomic E-state index is -0.833. The van der Waals surface area contributed by atoms with Crippen LogP contribution < -0.4 is 0 Å². The summed E-state index contributed by atoms with van der Waals surface area (Å²) in [5.74, 6) is -2.21. The number of carboxylic acid groups (broad SMARTS) is 3. The summed E-state index contributed by atoms with van der Waals surface area (Å²) in [5.41, 5.74) is 0.446. The van der Waals surface area contributed by atoms with Gasteiger partial charge in [-0.15, -0.1) is 0 Å². The molecule has 144 valence electrons. The lowest BCUT2D eigenvalue weighted by molar-refractivity contribution is -0.138. The zero-order valence-corrected chi connectivity index (χ0v) is 15.9. The van der Waals surface area contributed by atoms with Crippen LogP contribution in [-0.4, -0.2) is 33.2 Å². The van der Waals surface area contributed by atoms with Gasteiger partial charge in [-0.3, -0.25) is 14.4 Å². The van der Waals surface area contributed by atoms with Gasteiger partial charge < -0.3 is 15.3 Å². The van der Waals surface area contributed by atoms with Crippen molar-refractivity contribution >= 4 is 17.9 Å². The topological polar surface area (TPSA) is 112 Å². The van der Waals surface area contributed by atoms with Crippen LogP contribution in [-0.2, 0) is 14.4 Å². The van der Waals surface area contributed by atoms with E-state index in [1.165, 1.54) is 25.7 Å². The number of carbonyl (C=O) groups is 3. The highest BCUT2D eigenvalue weighted by Crippen LogP contribution is 2.22. The number of hydrogen-bond acceptors (Lipinski definition) is 3. The molecule has 24 heavy (non-hydrogen) atoms. The SMILES string of the molecule is CC(=O)O.CC(C)(C)CCCCCCCC(=O)O.CCCC(=O)O. The van der Waals surface area contributed by atoms with Crippen molar-refractivity contribution in [2.24, 2.45) is 5.41 Å². The Bertz CT molecular complexity index is 327. The van der Waals surface area contributed by atoms with Gasteiger partial charge in [0, 0.05) is 19.8 Å². The lowest BCUT2D eigenvalue weighted by Crippen LogP contribution is -2.03. The van der Waals surface area contributed by atoms with Crippen LogP contribution in [0.15, 0.2) is 0 Å². The second kappa shape index (κ2) is 17.8. The molecule has 0 aliphatic carbocycles. The molecule has 0 atom stereocenters. The van der Waals surface area contributed by atoms with Crippen LogP contribution >= 0.6 is 0 Å². The Morgan fingerprint density at radius 3 is 1.42 bits per heavy atom. The van der Waals surface area contributed by atoms with Gasteiger partial charge in [-0.2, -0.15) is 0 Å². The van der Waals surface area contributed by atoms with Crippen LogP contribution in [0.4, 0.5) is 0 Å². The molecule has 0 rings (SSSR count). The van der Waals surface area contributed by atoms with Crippen LogP contribution in [0.2, 0.25) is 0 Å². The molecule has 0 aliphatic rings. The summed E-state index contributed by atoms with van der Waals surface area (Å²) >= 11 is 0. The summed E-state index contributed by atoms with van der Waals surface area (Å²) in [6.07, 6.45) is 8.23. The average molecular weight is 348 g/mol. The maximum absolute atomic E-state index is 10.2. The lowest BCUT2D eigenvalue weighted by atomic mass is 9.89. The first kappa shape index (κ1) is 27.3. The Morgan fingerprint density at radius 2 is 1.12 bits per heavy atom. The van der Waals surface area contributed by atoms with Gasteiger partial charge in [-0.1, -0.05) is 53.4 Å². The quantitative estimate of drug-likeness (QED) is 0.515. The van der Waals surface area contributed by atoms with Crippen LogP contribution in [0.1, 0.15) is 92.4 Å². The molecule has 0 amide bonds. The van der Waals surface area contributed by atoms with Crippen molar-refractivity contribution in [1.82, 2.24) is 0 Å². The van der Waals surface area contributed by atoms with Crippen molar-refractivity contribution in [3.8, 4) is 0 Å². The zero-order chi connectivity index (χ0) is 19.6. The first-order valence-corrected chi connectivity index (χ1v) is 8.55. The molecule has 0 radical (unpaired) electrons. The van der Waals surface area contributed by atoms with Gasteiger partial charge in [0.25, 0.3) is 5.97 Å². The molecule has 3 N–H and O–H groups in total. The van der Waals surface area contributed by atoms with E-state index >= 15 is 0 Å². The Labute approximate surface area is 146 Å². The van der Waals surface area contributed by atoms with E-state index < -0.39 is 17.9 Å². The van der Waals surface area contributed by atoms with Crippen LogP contribution in [0.5, 0.6) is 0 Å². The summed E-state index contributed by atoms with van der Waals surface area (Å²) in [6.45, 7) is 9.71. The fourth-order valence-electron chi connectivity index (χ4n) is 1.68. The van der Waals surface area contributed by atoms with Crippen LogP contribution in [0, 0.1) is 5.41 Å². The molecular weight excluding hydrogens is 312 g/mol. The van der Waals surface area contributed by atoms with E-state index in [2.05, 4.69) is 20.8 Å². The van der Waals surface area contributed by atoms with E-state index in [0.717, 1.165) is 26.2 Å². The molecule has 6 heteroatoms. The molecular formula is C18H36O6. The third-order valence-electron chi connectivity index (χ3n) is 2.78. The molecule has 0 aliphatic heterocycles. The molecule has 0 heterocycles. The maximum atomic E-state index is 10.2. The first-order valence-electron chi connectivity index (χ1n) is 8.55. The fourth-order valence-corrected chi connectivity index (χ4v) is 1.68. The Morgan fingerprint density at radius 1 is 0.750 bits per heavy atom. The summed E-state index contributed by atoms with van der Waals surface area (Å²) < 4.78 is 0. The molecule has 6 nitrogen and oxygen atoms in total. The second-order valence-corrected chi connectivity index (χ2v) is 6.88. The van der Waals surface area contributed by atoms with Crippen molar-refractivity contribution < 1.29 is 29.7 Å². The Balaban J connectivity index is -0.000000363. The molecule has 0 aromatic rings. The van der Waals surface area contributed by atoms with E-state index in [1.807, 2.05) is 6.92 Å². The predicted octanol–water partition coefficient (Wildman–Crippen LogP) is 4.81. The van der Waals surface area contributed by atoms with Crippen molar-refractivity contribution in [3.05, 3.63) is 0 Å². The number of rotatable bonds is 9. The van der Waals surface area contributed by atoms with Crippen molar-refractivity contribution in [2.75, 3.05) is 0 Å². The van der Waals surface area contributed by atoms with E-state index in [4.69, 9.17) is 20.1 Å². The van der Waals surface area contributed by atoms with Gasteiger partial charge in [0.15, 0.2) is 0 Å². The van der Waals surface area contributed by atoms with Gasteiger partial charge in [-0.05, 0) is 24.7 Å². The third kappa shape index (κ3) is 49.9. The maximum Gasteiger partial charge on any atom is 0.303 e. The molecule has 0 aromatic heterocycles. The lowest BCUT2D eigenvalue weighted by Gasteiger charge is -2.17. The molecule has 0 aromatic carbocycles. The molecule has 0 saturated heterocycles. The predicted molar refractivity (Wildman–Crippen MR) is 95.3 cm³/mol. The molecule has 0 saturated carbocycles. The Kier molecular flexibility index (Phi) is 20.2. The van der Waals surface area contributed by atoms with Crippen molar-refractivity contribution in [1.29, 1.82) is 0 Å². The van der Waals surface area contributed by atoms with Gasteiger partial charge in [-0.25, -0.2) is 0 Å². The number of unbranched alkanes of at least 4 members (excludes halogenated alkanes) is 4. The largest absolute Gasteiger partial charge is 0.481 e. The van der Waals surface area contributed by atoms with Crippen LogP contribution in [0.25, 0.3) is 0 Å². The van der Waals surface area contributed by atoms with Crippen molar-refractivity contribution in [3.63, 3.8) is 0 Å². The van der Waals surface area contributed by atoms with Crippen LogP contribution in [0.3, 0.4) is 0 Å². The zero-order valence-electron chi connectivity index (χ0n) is 15.9. The normalized spacial score (nSPS) is 9.88. The van der Waals surface area contributed by atoms with Gasteiger partial charge in [0.05, 0.1) is 0 Å². The fraction of sp³-hybridized carbons (Fsp3) is 0.833. The highest BCUT2D eigenvalue weighted by molar-refractivity contribution is 5.66. The minimum absolute atomic E-state index is 0.292. The van der Waals surface area contributed by atoms with E-state index in [0.29, 0.717) is 18.3 Å². The monoisotopic (exact) mass is 348 g/mol. The number of aliphatic carboxylic acids is 3. The third-order valence-corrected chi connectivity index (χ3v) is 2.78. The summed E-state index contributed by atoms with van der Waals surface area (Å²) in [7, 11) is 0. The van der Waals surface area contributed by atoms with Gasteiger partial charge in [0.2, 0.25) is 0 Å². The van der Waals surface area contributed by atoms with E-state index in [9.17, 15) is 9.59 Å². The molecule has 0 spiro atoms. The second-order valence-electron chi connectivity index (χ2n) is 6.88. The molecule has 0 bridgehead atoms. The summed E-state index contributed by atoms with van der Waals surface area (Å²) in [6, 6.07) is 0. The molecule has 0 fully saturated rings. The van der Waals surface area contributed by atoms with E-state index in [-0.39, 0.29) is 0 Å². The molecule has 0 unspecified atom stereocenters. The first-order chi connectivity index (χ1) is 10.9. The summed E-state index contributed by atoms with van der Waals surface area (Å²) in [4.78, 5) is 28.8. The standard InChI is InChI=1S/C12H24O2.C4H8O2.C2H4O2/c1-12(2,3)10-8-6-4-5-7-9-11(13)14;1-2-3-4(5)6;1-2(3)4/h4-10H2,1-3H3,(H,13,14);2-3H2,1H3,(H,5,6);1H3,(H,3,4). The van der Waals surface area contributed by atoms with Gasteiger partial charge >= 0.3 is 11.9 Å². The van der Waals surface area contributed by atoms with Crippen molar-refractivity contribution in [2.45, 2.75) is 92.4 Å². The van der Waals surface area contributed by atoms with E-state index in [1.54, 1.807) is 0 Å². The highest BCUT2D eigenvalue weighted by atomic mass is 16.4. The summed E-state index contributed by atoms with van der Waals surface area (Å²) in [5, 5.41) is 23.8. The van der Waals surface area contributed by atoms with Gasteiger partial charge in [0.1, 0.15) is 0 Å². The number of hydrogen-bond donors (Lipinski definition) is 3. The smallest absolute Gasteiger partial charge is 0.303 e. The minimum Gasteiger partial charge on any atom is -0.481 e. The number of carboxylic acids is 3. The average Bonchev–Trinajstić information content (AvgIpc) is 2.35.